The lowest BCUT2D eigenvalue weighted by Gasteiger charge is -2.17. The second-order valence-corrected chi connectivity index (χ2v) is 4.93. The second-order valence-electron chi connectivity index (χ2n) is 4.01. The van der Waals surface area contributed by atoms with E-state index in [0.717, 1.165) is 10.2 Å². The maximum Gasteiger partial charge on any atom is 0.131 e. The zero-order valence-electron chi connectivity index (χ0n) is 9.75. The maximum atomic E-state index is 13.6. The minimum atomic E-state index is -0.537. The van der Waals surface area contributed by atoms with Crippen molar-refractivity contribution in [3.05, 3.63) is 64.1 Å². The summed E-state index contributed by atoms with van der Waals surface area (Å²) in [4.78, 5) is 0. The molecule has 1 N–H and O–H groups in total. The molecule has 0 saturated carbocycles. The van der Waals surface area contributed by atoms with Gasteiger partial charge in [-0.2, -0.15) is 0 Å². The Morgan fingerprint density at radius 1 is 1.06 bits per heavy atom. The van der Waals surface area contributed by atoms with Crippen LogP contribution in [0.5, 0.6) is 0 Å². The van der Waals surface area contributed by atoms with E-state index in [0.29, 0.717) is 0 Å². The van der Waals surface area contributed by atoms with Gasteiger partial charge in [-0.05, 0) is 37.3 Å². The summed E-state index contributed by atoms with van der Waals surface area (Å²) in [6.45, 7) is 1.72. The fraction of sp³-hybridized carbons (Fsp3) is 0.143. The number of benzene rings is 2. The highest BCUT2D eigenvalue weighted by molar-refractivity contribution is 9.10. The molecule has 2 aromatic carbocycles. The Bertz CT molecular complexity index is 537. The maximum absolute atomic E-state index is 13.6. The second kappa shape index (κ2) is 5.48. The van der Waals surface area contributed by atoms with Gasteiger partial charge in [-0.3, -0.25) is 0 Å². The van der Waals surface area contributed by atoms with Gasteiger partial charge in [0, 0.05) is 15.7 Å². The van der Waals surface area contributed by atoms with Gasteiger partial charge >= 0.3 is 0 Å². The first-order chi connectivity index (χ1) is 8.58. The van der Waals surface area contributed by atoms with Gasteiger partial charge < -0.3 is 5.32 Å². The molecule has 2 rings (SSSR count). The third-order valence-electron chi connectivity index (χ3n) is 2.64. The first-order valence-corrected chi connectivity index (χ1v) is 6.33. The average molecular weight is 312 g/mol. The minimum Gasteiger partial charge on any atom is -0.378 e. The first-order valence-electron chi connectivity index (χ1n) is 5.54. The van der Waals surface area contributed by atoms with E-state index >= 15 is 0 Å². The van der Waals surface area contributed by atoms with Crippen molar-refractivity contribution in [2.24, 2.45) is 0 Å². The summed E-state index contributed by atoms with van der Waals surface area (Å²) in [6, 6.07) is 10.9. The predicted octanol–water partition coefficient (Wildman–Crippen LogP) is 4.90. The zero-order chi connectivity index (χ0) is 13.1. The van der Waals surface area contributed by atoms with Crippen molar-refractivity contribution in [2.75, 3.05) is 5.32 Å². The molecule has 0 heterocycles. The van der Waals surface area contributed by atoms with Crippen LogP contribution in [0, 0.1) is 11.6 Å². The van der Waals surface area contributed by atoms with Gasteiger partial charge in [0.1, 0.15) is 11.6 Å². The standard InChI is InChI=1S/C14H12BrF2N/c1-9(14-12(16)6-3-7-13(14)17)18-11-5-2-4-10(15)8-11/h2-9,18H,1H3. The highest BCUT2D eigenvalue weighted by Gasteiger charge is 2.15. The van der Waals surface area contributed by atoms with E-state index in [1.807, 2.05) is 24.3 Å². The van der Waals surface area contributed by atoms with Crippen LogP contribution in [0.4, 0.5) is 14.5 Å². The zero-order valence-corrected chi connectivity index (χ0v) is 11.3. The molecular weight excluding hydrogens is 300 g/mol. The third kappa shape index (κ3) is 2.88. The van der Waals surface area contributed by atoms with Crippen molar-refractivity contribution < 1.29 is 8.78 Å². The number of rotatable bonds is 3. The van der Waals surface area contributed by atoms with Crippen molar-refractivity contribution in [3.8, 4) is 0 Å². The summed E-state index contributed by atoms with van der Waals surface area (Å²) in [7, 11) is 0. The SMILES string of the molecule is CC(Nc1cccc(Br)c1)c1c(F)cccc1F. The molecular formula is C14H12BrF2N. The van der Waals surface area contributed by atoms with Gasteiger partial charge in [0.15, 0.2) is 0 Å². The van der Waals surface area contributed by atoms with Gasteiger partial charge in [0.2, 0.25) is 0 Å². The highest BCUT2D eigenvalue weighted by atomic mass is 79.9. The number of hydrogen-bond donors (Lipinski definition) is 1. The summed E-state index contributed by atoms with van der Waals surface area (Å²) < 4.78 is 28.1. The van der Waals surface area contributed by atoms with Crippen LogP contribution in [0.1, 0.15) is 18.5 Å². The molecule has 18 heavy (non-hydrogen) atoms. The van der Waals surface area contributed by atoms with Crippen LogP contribution in [0.25, 0.3) is 0 Å². The van der Waals surface area contributed by atoms with Crippen LogP contribution in [0.3, 0.4) is 0 Å². The molecule has 0 bridgehead atoms. The molecule has 0 amide bonds. The summed E-state index contributed by atoms with van der Waals surface area (Å²) in [5.41, 5.74) is 0.858. The normalized spacial score (nSPS) is 12.2. The van der Waals surface area contributed by atoms with Crippen LogP contribution < -0.4 is 5.32 Å². The van der Waals surface area contributed by atoms with Gasteiger partial charge in [0.25, 0.3) is 0 Å². The Morgan fingerprint density at radius 2 is 1.67 bits per heavy atom. The van der Waals surface area contributed by atoms with E-state index in [-0.39, 0.29) is 5.56 Å². The molecule has 2 aromatic rings. The van der Waals surface area contributed by atoms with E-state index < -0.39 is 17.7 Å². The lowest BCUT2D eigenvalue weighted by molar-refractivity contribution is 0.544. The molecule has 0 spiro atoms. The topological polar surface area (TPSA) is 12.0 Å². The monoisotopic (exact) mass is 311 g/mol. The van der Waals surface area contributed by atoms with Crippen molar-refractivity contribution in [1.82, 2.24) is 0 Å². The fourth-order valence-electron chi connectivity index (χ4n) is 1.82. The summed E-state index contributed by atoms with van der Waals surface area (Å²) in [5, 5.41) is 3.07. The summed E-state index contributed by atoms with van der Waals surface area (Å²) >= 11 is 3.35. The first kappa shape index (κ1) is 13.0. The number of nitrogens with one attached hydrogen (secondary N) is 1. The molecule has 0 saturated heterocycles. The number of hydrogen-bond acceptors (Lipinski definition) is 1. The van der Waals surface area contributed by atoms with Crippen molar-refractivity contribution >= 4 is 21.6 Å². The summed E-state index contributed by atoms with van der Waals surface area (Å²) in [6.07, 6.45) is 0. The average Bonchev–Trinajstić information content (AvgIpc) is 2.28. The largest absolute Gasteiger partial charge is 0.378 e. The van der Waals surface area contributed by atoms with E-state index in [9.17, 15) is 8.78 Å². The molecule has 4 heteroatoms. The Hall–Kier alpha value is -1.42. The molecule has 1 atom stereocenters. The van der Waals surface area contributed by atoms with Gasteiger partial charge in [0.05, 0.1) is 6.04 Å². The van der Waals surface area contributed by atoms with Crippen molar-refractivity contribution in [1.29, 1.82) is 0 Å². The lowest BCUT2D eigenvalue weighted by Crippen LogP contribution is -2.10. The predicted molar refractivity (Wildman–Crippen MR) is 72.5 cm³/mol. The molecule has 0 aliphatic heterocycles. The molecule has 0 aliphatic rings. The Kier molecular flexibility index (Phi) is 3.97. The number of anilines is 1. The number of halogens is 3. The molecule has 0 fully saturated rings. The van der Waals surface area contributed by atoms with Crippen LogP contribution >= 0.6 is 15.9 Å². The van der Waals surface area contributed by atoms with Crippen molar-refractivity contribution in [2.45, 2.75) is 13.0 Å². The molecule has 94 valence electrons. The molecule has 0 radical (unpaired) electrons. The quantitative estimate of drug-likeness (QED) is 0.850. The Labute approximate surface area is 113 Å². The summed E-state index contributed by atoms with van der Waals surface area (Å²) in [5.74, 6) is -1.07. The Balaban J connectivity index is 2.25. The third-order valence-corrected chi connectivity index (χ3v) is 3.13. The van der Waals surface area contributed by atoms with Crippen molar-refractivity contribution in [3.63, 3.8) is 0 Å². The van der Waals surface area contributed by atoms with Gasteiger partial charge in [-0.15, -0.1) is 0 Å². The van der Waals surface area contributed by atoms with Crippen LogP contribution in [0.2, 0.25) is 0 Å². The van der Waals surface area contributed by atoms with E-state index in [1.54, 1.807) is 6.92 Å². The van der Waals surface area contributed by atoms with Crippen LogP contribution in [0.15, 0.2) is 46.9 Å². The molecule has 0 aliphatic carbocycles. The molecule has 0 aromatic heterocycles. The fourth-order valence-corrected chi connectivity index (χ4v) is 2.22. The molecule has 1 unspecified atom stereocenters. The van der Waals surface area contributed by atoms with E-state index in [4.69, 9.17) is 0 Å². The van der Waals surface area contributed by atoms with Crippen LogP contribution in [-0.4, -0.2) is 0 Å². The highest BCUT2D eigenvalue weighted by Crippen LogP contribution is 2.25. The smallest absolute Gasteiger partial charge is 0.131 e. The van der Waals surface area contributed by atoms with Gasteiger partial charge in [-0.25, -0.2) is 8.78 Å². The Morgan fingerprint density at radius 3 is 2.28 bits per heavy atom. The molecule has 1 nitrogen and oxygen atoms in total. The van der Waals surface area contributed by atoms with E-state index in [1.165, 1.54) is 18.2 Å². The van der Waals surface area contributed by atoms with E-state index in [2.05, 4.69) is 21.2 Å². The lowest BCUT2D eigenvalue weighted by atomic mass is 10.1. The van der Waals surface area contributed by atoms with Gasteiger partial charge in [-0.1, -0.05) is 28.1 Å². The minimum absolute atomic E-state index is 0.0532. The van der Waals surface area contributed by atoms with Crippen LogP contribution in [-0.2, 0) is 0 Å².